The van der Waals surface area contributed by atoms with Crippen molar-refractivity contribution in [1.29, 1.82) is 0 Å². The van der Waals surface area contributed by atoms with Crippen LogP contribution >= 0.6 is 0 Å². The van der Waals surface area contributed by atoms with Gasteiger partial charge in [-0.05, 0) is 28.2 Å². The lowest BCUT2D eigenvalue weighted by Gasteiger charge is -2.41. The lowest BCUT2D eigenvalue weighted by molar-refractivity contribution is 0.518. The third kappa shape index (κ3) is 3.45. The molecule has 4 aromatic carbocycles. The van der Waals surface area contributed by atoms with Gasteiger partial charge in [-0.3, -0.25) is 0 Å². The molecule has 0 saturated heterocycles. The molecular weight excluding hydrogens is 354 g/mol. The second-order valence-electron chi connectivity index (χ2n) is 7.15. The van der Waals surface area contributed by atoms with E-state index >= 15 is 0 Å². The van der Waals surface area contributed by atoms with Crippen LogP contribution in [-0.2, 0) is 6.54 Å². The monoisotopic (exact) mass is 379 g/mol. The standard InChI is InChI=1S/C26H25NSi/c1-27(22-23-14-6-2-7-15-23)28(24-16-8-3-9-17-24,25-18-10-4-11-19-25)26-20-12-5-13-21-26/h2-21H,22H2,1H3. The zero-order valence-electron chi connectivity index (χ0n) is 16.2. The van der Waals surface area contributed by atoms with Crippen LogP contribution in [0.5, 0.6) is 0 Å². The summed E-state index contributed by atoms with van der Waals surface area (Å²) in [6.07, 6.45) is 0. The molecule has 0 atom stereocenters. The van der Waals surface area contributed by atoms with E-state index in [2.05, 4.69) is 133 Å². The zero-order valence-corrected chi connectivity index (χ0v) is 17.2. The van der Waals surface area contributed by atoms with Gasteiger partial charge in [0.25, 0.3) is 0 Å². The van der Waals surface area contributed by atoms with Crippen molar-refractivity contribution in [2.45, 2.75) is 6.54 Å². The molecular formula is C26H25NSi. The van der Waals surface area contributed by atoms with Crippen LogP contribution in [-0.4, -0.2) is 19.8 Å². The quantitative estimate of drug-likeness (QED) is 0.364. The summed E-state index contributed by atoms with van der Waals surface area (Å²) in [5.74, 6) is 0. The Morgan fingerprint density at radius 3 is 1.18 bits per heavy atom. The summed E-state index contributed by atoms with van der Waals surface area (Å²) in [5, 5.41) is 4.22. The molecule has 0 aromatic heterocycles. The maximum absolute atomic E-state index is 2.60. The Morgan fingerprint density at radius 1 is 0.500 bits per heavy atom. The summed E-state index contributed by atoms with van der Waals surface area (Å²) in [6.45, 7) is 0.908. The summed E-state index contributed by atoms with van der Waals surface area (Å²) in [6, 6.07) is 43.9. The van der Waals surface area contributed by atoms with Gasteiger partial charge in [0.15, 0.2) is 0 Å². The SMILES string of the molecule is CN(Cc1ccccc1)[Si](c1ccccc1)(c1ccccc1)c1ccccc1. The first-order valence-corrected chi connectivity index (χ1v) is 11.7. The first kappa shape index (κ1) is 18.4. The van der Waals surface area contributed by atoms with E-state index in [9.17, 15) is 0 Å². The first-order chi connectivity index (χ1) is 13.8. The largest absolute Gasteiger partial charge is 0.312 e. The highest BCUT2D eigenvalue weighted by Gasteiger charge is 2.43. The molecule has 0 aliphatic carbocycles. The van der Waals surface area contributed by atoms with Gasteiger partial charge in [-0.1, -0.05) is 121 Å². The van der Waals surface area contributed by atoms with E-state index in [0.29, 0.717) is 0 Å². The molecule has 0 bridgehead atoms. The maximum atomic E-state index is 2.60. The second kappa shape index (κ2) is 8.38. The Bertz CT molecular complexity index is 889. The summed E-state index contributed by atoms with van der Waals surface area (Å²) in [5.41, 5.74) is 1.34. The molecule has 138 valence electrons. The van der Waals surface area contributed by atoms with E-state index in [-0.39, 0.29) is 0 Å². The van der Waals surface area contributed by atoms with E-state index in [1.165, 1.54) is 21.1 Å². The fourth-order valence-corrected chi connectivity index (χ4v) is 8.94. The highest BCUT2D eigenvalue weighted by molar-refractivity contribution is 7.09. The minimum Gasteiger partial charge on any atom is -0.312 e. The third-order valence-corrected chi connectivity index (χ3v) is 10.2. The molecule has 4 aromatic rings. The molecule has 0 heterocycles. The predicted octanol–water partition coefficient (Wildman–Crippen LogP) is 3.79. The van der Waals surface area contributed by atoms with Crippen molar-refractivity contribution in [1.82, 2.24) is 4.57 Å². The lowest BCUT2D eigenvalue weighted by Crippen LogP contribution is -2.76. The Labute approximate surface area is 169 Å². The van der Waals surface area contributed by atoms with Crippen molar-refractivity contribution in [3.8, 4) is 0 Å². The maximum Gasteiger partial charge on any atom is 0.225 e. The van der Waals surface area contributed by atoms with Crippen LogP contribution in [0.4, 0.5) is 0 Å². The summed E-state index contributed by atoms with van der Waals surface area (Å²) >= 11 is 0. The van der Waals surface area contributed by atoms with Gasteiger partial charge in [-0.15, -0.1) is 0 Å². The minimum atomic E-state index is -2.38. The predicted molar refractivity (Wildman–Crippen MR) is 122 cm³/mol. The van der Waals surface area contributed by atoms with Crippen molar-refractivity contribution in [3.63, 3.8) is 0 Å². The molecule has 0 unspecified atom stereocenters. The Balaban J connectivity index is 1.95. The Hall–Kier alpha value is -2.94. The molecule has 0 saturated carbocycles. The van der Waals surface area contributed by atoms with Crippen molar-refractivity contribution in [2.75, 3.05) is 7.05 Å². The van der Waals surface area contributed by atoms with Gasteiger partial charge in [0.2, 0.25) is 8.24 Å². The topological polar surface area (TPSA) is 3.24 Å². The molecule has 0 spiro atoms. The first-order valence-electron chi connectivity index (χ1n) is 9.73. The normalized spacial score (nSPS) is 11.5. The van der Waals surface area contributed by atoms with Gasteiger partial charge in [0.05, 0.1) is 0 Å². The van der Waals surface area contributed by atoms with Crippen LogP contribution in [0.1, 0.15) is 5.56 Å². The highest BCUT2D eigenvalue weighted by Crippen LogP contribution is 2.15. The van der Waals surface area contributed by atoms with Gasteiger partial charge in [-0.2, -0.15) is 0 Å². The highest BCUT2D eigenvalue weighted by atomic mass is 28.3. The molecule has 4 rings (SSSR count). The van der Waals surface area contributed by atoms with Gasteiger partial charge in [0, 0.05) is 6.54 Å². The van der Waals surface area contributed by atoms with Crippen molar-refractivity contribution >= 4 is 23.8 Å². The van der Waals surface area contributed by atoms with Crippen molar-refractivity contribution < 1.29 is 0 Å². The third-order valence-electron chi connectivity index (χ3n) is 5.41. The fourth-order valence-electron chi connectivity index (χ4n) is 4.18. The summed E-state index contributed by atoms with van der Waals surface area (Å²) in [4.78, 5) is 0. The number of hydrogen-bond donors (Lipinski definition) is 0. The number of hydrogen-bond acceptors (Lipinski definition) is 1. The second-order valence-corrected chi connectivity index (χ2v) is 11.1. The van der Waals surface area contributed by atoms with E-state index < -0.39 is 8.24 Å². The van der Waals surface area contributed by atoms with Gasteiger partial charge >= 0.3 is 0 Å². The minimum absolute atomic E-state index is 0.908. The van der Waals surface area contributed by atoms with E-state index in [1.54, 1.807) is 0 Å². The van der Waals surface area contributed by atoms with E-state index in [0.717, 1.165) is 6.54 Å². The lowest BCUT2D eigenvalue weighted by atomic mass is 10.2. The van der Waals surface area contributed by atoms with Crippen LogP contribution in [0.25, 0.3) is 0 Å². The van der Waals surface area contributed by atoms with E-state index in [1.807, 2.05) is 0 Å². The van der Waals surface area contributed by atoms with E-state index in [4.69, 9.17) is 0 Å². The zero-order chi connectivity index (χ0) is 19.2. The molecule has 0 radical (unpaired) electrons. The molecule has 1 nitrogen and oxygen atoms in total. The van der Waals surface area contributed by atoms with Crippen molar-refractivity contribution in [2.24, 2.45) is 0 Å². The van der Waals surface area contributed by atoms with Crippen LogP contribution in [0.2, 0.25) is 0 Å². The summed E-state index contributed by atoms with van der Waals surface area (Å²) < 4.78 is 2.60. The van der Waals surface area contributed by atoms with Crippen LogP contribution in [0, 0.1) is 0 Å². The Morgan fingerprint density at radius 2 is 0.821 bits per heavy atom. The fraction of sp³-hybridized carbons (Fsp3) is 0.0769. The smallest absolute Gasteiger partial charge is 0.225 e. The molecule has 2 heteroatoms. The Kier molecular flexibility index (Phi) is 5.52. The number of nitrogens with zero attached hydrogens (tertiary/aromatic N) is 1. The average Bonchev–Trinajstić information content (AvgIpc) is 2.77. The molecule has 0 fully saturated rings. The van der Waals surface area contributed by atoms with Crippen LogP contribution < -0.4 is 15.6 Å². The molecule has 0 aliphatic heterocycles. The molecule has 28 heavy (non-hydrogen) atoms. The van der Waals surface area contributed by atoms with Crippen LogP contribution in [0.15, 0.2) is 121 Å². The molecule has 0 aliphatic rings. The van der Waals surface area contributed by atoms with Crippen molar-refractivity contribution in [3.05, 3.63) is 127 Å². The molecule has 0 N–H and O–H groups in total. The van der Waals surface area contributed by atoms with Gasteiger partial charge in [-0.25, -0.2) is 0 Å². The molecule has 0 amide bonds. The van der Waals surface area contributed by atoms with Gasteiger partial charge in [0.1, 0.15) is 0 Å². The van der Waals surface area contributed by atoms with Crippen LogP contribution in [0.3, 0.4) is 0 Å². The summed E-state index contributed by atoms with van der Waals surface area (Å²) in [7, 11) is -0.0927. The average molecular weight is 380 g/mol. The number of rotatable bonds is 6. The number of benzene rings is 4. The van der Waals surface area contributed by atoms with Gasteiger partial charge < -0.3 is 4.57 Å².